The van der Waals surface area contributed by atoms with Crippen LogP contribution in [0.5, 0.6) is 0 Å². The number of carbonyl (C=O) groups excluding carboxylic acids is 2. The summed E-state index contributed by atoms with van der Waals surface area (Å²) in [5, 5.41) is 0. The Hall–Kier alpha value is -1.84. The quantitative estimate of drug-likeness (QED) is 0.749. The van der Waals surface area contributed by atoms with E-state index in [-0.39, 0.29) is 18.2 Å². The predicted molar refractivity (Wildman–Crippen MR) is 81.8 cm³/mol. The number of amides is 2. The van der Waals surface area contributed by atoms with Gasteiger partial charge in [-0.1, -0.05) is 12.1 Å². The SMILES string of the molecule is CCN(CC)C(=O)CC(=O)N(CC)c1cccc(C)c1. The summed E-state index contributed by atoms with van der Waals surface area (Å²) >= 11 is 0. The molecule has 0 unspecified atom stereocenters. The van der Waals surface area contributed by atoms with Crippen molar-refractivity contribution in [1.29, 1.82) is 0 Å². The first-order valence-corrected chi connectivity index (χ1v) is 7.18. The number of aryl methyl sites for hydroxylation is 1. The summed E-state index contributed by atoms with van der Waals surface area (Å²) in [4.78, 5) is 27.7. The van der Waals surface area contributed by atoms with Crippen molar-refractivity contribution in [3.05, 3.63) is 29.8 Å². The first-order chi connectivity index (χ1) is 9.53. The molecule has 0 bridgehead atoms. The number of nitrogens with zero attached hydrogens (tertiary/aromatic N) is 2. The standard InChI is InChI=1S/C16H24N2O2/c1-5-17(6-2)15(19)12-16(20)18(7-3)14-10-8-9-13(4)11-14/h8-11H,5-7,12H2,1-4H3. The summed E-state index contributed by atoms with van der Waals surface area (Å²) in [6.45, 7) is 9.59. The van der Waals surface area contributed by atoms with Crippen molar-refractivity contribution in [2.24, 2.45) is 0 Å². The highest BCUT2D eigenvalue weighted by Gasteiger charge is 2.20. The number of anilines is 1. The first kappa shape index (κ1) is 16.2. The highest BCUT2D eigenvalue weighted by molar-refractivity contribution is 6.04. The second-order valence-corrected chi connectivity index (χ2v) is 4.72. The average Bonchev–Trinajstić information content (AvgIpc) is 2.41. The molecule has 20 heavy (non-hydrogen) atoms. The highest BCUT2D eigenvalue weighted by Crippen LogP contribution is 2.17. The maximum Gasteiger partial charge on any atom is 0.236 e. The third-order valence-corrected chi connectivity index (χ3v) is 3.35. The third kappa shape index (κ3) is 4.08. The molecule has 4 nitrogen and oxygen atoms in total. The van der Waals surface area contributed by atoms with E-state index in [0.29, 0.717) is 19.6 Å². The molecule has 1 aromatic carbocycles. The van der Waals surface area contributed by atoms with Crippen LogP contribution in [0.2, 0.25) is 0 Å². The Bertz CT molecular complexity index is 467. The molecule has 0 aliphatic carbocycles. The largest absolute Gasteiger partial charge is 0.343 e. The molecule has 1 aromatic rings. The lowest BCUT2D eigenvalue weighted by Gasteiger charge is -2.24. The third-order valence-electron chi connectivity index (χ3n) is 3.35. The molecule has 0 aliphatic rings. The molecule has 0 aromatic heterocycles. The molecule has 0 saturated heterocycles. The zero-order valence-corrected chi connectivity index (χ0v) is 12.8. The number of hydrogen-bond donors (Lipinski definition) is 0. The Morgan fingerprint density at radius 2 is 1.65 bits per heavy atom. The molecule has 0 saturated carbocycles. The van der Waals surface area contributed by atoms with Gasteiger partial charge in [-0.25, -0.2) is 0 Å². The van der Waals surface area contributed by atoms with Crippen molar-refractivity contribution in [1.82, 2.24) is 4.90 Å². The molecule has 0 heterocycles. The molecule has 0 spiro atoms. The van der Waals surface area contributed by atoms with Crippen LogP contribution in [0.3, 0.4) is 0 Å². The Balaban J connectivity index is 2.80. The van der Waals surface area contributed by atoms with Crippen molar-refractivity contribution in [2.45, 2.75) is 34.1 Å². The summed E-state index contributed by atoms with van der Waals surface area (Å²) in [5.74, 6) is -0.249. The fraction of sp³-hybridized carbons (Fsp3) is 0.500. The molecular formula is C16H24N2O2. The monoisotopic (exact) mass is 276 g/mol. The van der Waals surface area contributed by atoms with E-state index in [9.17, 15) is 9.59 Å². The number of carbonyl (C=O) groups is 2. The van der Waals surface area contributed by atoms with E-state index in [1.54, 1.807) is 9.80 Å². The topological polar surface area (TPSA) is 40.6 Å². The van der Waals surface area contributed by atoms with Gasteiger partial charge in [-0.15, -0.1) is 0 Å². The minimum Gasteiger partial charge on any atom is -0.343 e. The van der Waals surface area contributed by atoms with E-state index in [1.165, 1.54) is 0 Å². The summed E-state index contributed by atoms with van der Waals surface area (Å²) < 4.78 is 0. The van der Waals surface area contributed by atoms with Crippen molar-refractivity contribution in [3.63, 3.8) is 0 Å². The van der Waals surface area contributed by atoms with E-state index in [2.05, 4.69) is 0 Å². The van der Waals surface area contributed by atoms with Crippen LogP contribution in [-0.4, -0.2) is 36.3 Å². The molecule has 0 aliphatic heterocycles. The van der Waals surface area contributed by atoms with Crippen molar-refractivity contribution in [3.8, 4) is 0 Å². The van der Waals surface area contributed by atoms with Crippen molar-refractivity contribution in [2.75, 3.05) is 24.5 Å². The second kappa shape index (κ2) is 7.68. The van der Waals surface area contributed by atoms with E-state index >= 15 is 0 Å². The molecule has 4 heteroatoms. The van der Waals surface area contributed by atoms with E-state index in [0.717, 1.165) is 11.3 Å². The molecular weight excluding hydrogens is 252 g/mol. The van der Waals surface area contributed by atoms with Crippen LogP contribution in [0.25, 0.3) is 0 Å². The maximum absolute atomic E-state index is 12.3. The van der Waals surface area contributed by atoms with Crippen LogP contribution < -0.4 is 4.90 Å². The van der Waals surface area contributed by atoms with Gasteiger partial charge in [0.1, 0.15) is 6.42 Å². The Labute approximate surface area is 121 Å². The zero-order chi connectivity index (χ0) is 15.1. The van der Waals surface area contributed by atoms with Gasteiger partial charge in [0.25, 0.3) is 0 Å². The molecule has 1 rings (SSSR count). The first-order valence-electron chi connectivity index (χ1n) is 7.18. The van der Waals surface area contributed by atoms with Gasteiger partial charge >= 0.3 is 0 Å². The average molecular weight is 276 g/mol. The lowest BCUT2D eigenvalue weighted by Crippen LogP contribution is -2.38. The van der Waals surface area contributed by atoms with Crippen LogP contribution in [0.1, 0.15) is 32.8 Å². The summed E-state index contributed by atoms with van der Waals surface area (Å²) in [5.41, 5.74) is 1.95. The number of rotatable bonds is 6. The van der Waals surface area contributed by atoms with Gasteiger partial charge in [0.05, 0.1) is 0 Å². The van der Waals surface area contributed by atoms with Crippen LogP contribution in [0.15, 0.2) is 24.3 Å². The van der Waals surface area contributed by atoms with Gasteiger partial charge in [-0.05, 0) is 45.4 Å². The predicted octanol–water partition coefficient (Wildman–Crippen LogP) is 2.61. The van der Waals surface area contributed by atoms with E-state index in [4.69, 9.17) is 0 Å². The van der Waals surface area contributed by atoms with Crippen LogP contribution in [-0.2, 0) is 9.59 Å². The van der Waals surface area contributed by atoms with Crippen LogP contribution in [0.4, 0.5) is 5.69 Å². The Morgan fingerprint density at radius 3 is 2.15 bits per heavy atom. The van der Waals surface area contributed by atoms with E-state index in [1.807, 2.05) is 52.0 Å². The molecule has 110 valence electrons. The molecule has 2 amide bonds. The molecule has 0 atom stereocenters. The second-order valence-electron chi connectivity index (χ2n) is 4.72. The van der Waals surface area contributed by atoms with Gasteiger partial charge < -0.3 is 9.80 Å². The minimum absolute atomic E-state index is 0.0660. The fourth-order valence-corrected chi connectivity index (χ4v) is 2.21. The van der Waals surface area contributed by atoms with E-state index < -0.39 is 0 Å². The van der Waals surface area contributed by atoms with Crippen LogP contribution in [0, 0.1) is 6.92 Å². The lowest BCUT2D eigenvalue weighted by atomic mass is 10.2. The van der Waals surface area contributed by atoms with Crippen molar-refractivity contribution >= 4 is 17.5 Å². The minimum atomic E-state index is -0.144. The van der Waals surface area contributed by atoms with Crippen molar-refractivity contribution < 1.29 is 9.59 Å². The van der Waals surface area contributed by atoms with Gasteiger partial charge in [-0.2, -0.15) is 0 Å². The van der Waals surface area contributed by atoms with Crippen LogP contribution >= 0.6 is 0 Å². The molecule has 0 radical (unpaired) electrons. The Morgan fingerprint density at radius 1 is 1.00 bits per heavy atom. The van der Waals surface area contributed by atoms with Gasteiger partial charge in [0, 0.05) is 25.3 Å². The number of benzene rings is 1. The van der Waals surface area contributed by atoms with Gasteiger partial charge in [-0.3, -0.25) is 9.59 Å². The summed E-state index contributed by atoms with van der Waals surface area (Å²) in [6.07, 6.45) is -0.0660. The maximum atomic E-state index is 12.3. The molecule has 0 N–H and O–H groups in total. The smallest absolute Gasteiger partial charge is 0.236 e. The summed E-state index contributed by atoms with van der Waals surface area (Å²) in [6, 6.07) is 7.77. The summed E-state index contributed by atoms with van der Waals surface area (Å²) in [7, 11) is 0. The normalized spacial score (nSPS) is 10.2. The highest BCUT2D eigenvalue weighted by atomic mass is 16.2. The number of hydrogen-bond acceptors (Lipinski definition) is 2. The lowest BCUT2D eigenvalue weighted by molar-refractivity contribution is -0.134. The zero-order valence-electron chi connectivity index (χ0n) is 12.8. The fourth-order valence-electron chi connectivity index (χ4n) is 2.21. The molecule has 0 fully saturated rings. The Kier molecular flexibility index (Phi) is 6.22. The van der Waals surface area contributed by atoms with Gasteiger partial charge in [0.2, 0.25) is 11.8 Å². The van der Waals surface area contributed by atoms with Gasteiger partial charge in [0.15, 0.2) is 0 Å².